The number of sulfone groups is 1. The average molecular weight is 269 g/mol. The Morgan fingerprint density at radius 3 is 2.78 bits per heavy atom. The summed E-state index contributed by atoms with van der Waals surface area (Å²) >= 11 is 0. The second kappa shape index (κ2) is 4.77. The van der Waals surface area contributed by atoms with E-state index in [1.165, 1.54) is 16.8 Å². The van der Waals surface area contributed by atoms with Gasteiger partial charge in [0.2, 0.25) is 0 Å². The molecule has 2 aromatic rings. The van der Waals surface area contributed by atoms with Gasteiger partial charge in [-0.3, -0.25) is 4.68 Å². The molecule has 0 bridgehead atoms. The molecule has 0 radical (unpaired) electrons. The molecule has 0 spiro atoms. The lowest BCUT2D eigenvalue weighted by molar-refractivity contribution is 0.577. The van der Waals surface area contributed by atoms with Crippen molar-refractivity contribution >= 4 is 15.5 Å². The molecule has 7 heteroatoms. The minimum Gasteiger partial charge on any atom is -0.396 e. The van der Waals surface area contributed by atoms with Crippen molar-refractivity contribution in [1.82, 2.24) is 9.78 Å². The van der Waals surface area contributed by atoms with E-state index in [1.54, 1.807) is 18.5 Å². The summed E-state index contributed by atoms with van der Waals surface area (Å²) in [5.74, 6) is -0.868. The topological polar surface area (TPSA) is 78.0 Å². The Morgan fingerprint density at radius 2 is 2.17 bits per heavy atom. The van der Waals surface area contributed by atoms with E-state index in [1.807, 2.05) is 0 Å². The van der Waals surface area contributed by atoms with Gasteiger partial charge >= 0.3 is 0 Å². The zero-order valence-corrected chi connectivity index (χ0v) is 10.3. The highest BCUT2D eigenvalue weighted by atomic mass is 32.2. The molecule has 2 rings (SSSR count). The van der Waals surface area contributed by atoms with E-state index in [0.29, 0.717) is 0 Å². The molecular weight excluding hydrogens is 257 g/mol. The molecular formula is C11H12FN3O2S. The van der Waals surface area contributed by atoms with Crippen LogP contribution >= 0.6 is 0 Å². The van der Waals surface area contributed by atoms with Crippen LogP contribution in [0.1, 0.15) is 0 Å². The van der Waals surface area contributed by atoms with Gasteiger partial charge in [-0.2, -0.15) is 5.10 Å². The molecule has 96 valence electrons. The van der Waals surface area contributed by atoms with Crippen molar-refractivity contribution in [3.05, 3.63) is 42.5 Å². The highest BCUT2D eigenvalue weighted by molar-refractivity contribution is 7.91. The number of hydrogen-bond acceptors (Lipinski definition) is 4. The first kappa shape index (κ1) is 12.6. The van der Waals surface area contributed by atoms with E-state index >= 15 is 0 Å². The predicted octanol–water partition coefficient (Wildman–Crippen LogP) is 1.08. The van der Waals surface area contributed by atoms with E-state index in [4.69, 9.17) is 5.73 Å². The van der Waals surface area contributed by atoms with Crippen molar-refractivity contribution in [2.75, 3.05) is 11.5 Å². The normalized spacial score (nSPS) is 11.6. The first-order chi connectivity index (χ1) is 8.49. The van der Waals surface area contributed by atoms with Crippen LogP contribution in [0.3, 0.4) is 0 Å². The van der Waals surface area contributed by atoms with Crippen molar-refractivity contribution < 1.29 is 12.8 Å². The molecule has 18 heavy (non-hydrogen) atoms. The number of benzene rings is 1. The number of nitrogen functional groups attached to an aromatic ring is 1. The molecule has 0 amide bonds. The van der Waals surface area contributed by atoms with E-state index in [9.17, 15) is 12.8 Å². The van der Waals surface area contributed by atoms with Gasteiger partial charge in [0.25, 0.3) is 0 Å². The Kier molecular flexibility index (Phi) is 3.33. The Balaban J connectivity index is 2.17. The third kappa shape index (κ3) is 2.67. The van der Waals surface area contributed by atoms with Gasteiger partial charge in [-0.05, 0) is 24.3 Å². The molecule has 5 nitrogen and oxygen atoms in total. The van der Waals surface area contributed by atoms with Gasteiger partial charge in [0.1, 0.15) is 5.82 Å². The summed E-state index contributed by atoms with van der Waals surface area (Å²) in [7, 11) is -3.53. The summed E-state index contributed by atoms with van der Waals surface area (Å²) in [6.45, 7) is 0.224. The molecule has 0 aliphatic rings. The summed E-state index contributed by atoms with van der Waals surface area (Å²) in [4.78, 5) is -0.0682. The third-order valence-electron chi connectivity index (χ3n) is 2.48. The van der Waals surface area contributed by atoms with Gasteiger partial charge in [-0.1, -0.05) is 0 Å². The number of hydrogen-bond donors (Lipinski definition) is 1. The Morgan fingerprint density at radius 1 is 1.39 bits per heavy atom. The van der Waals surface area contributed by atoms with Crippen molar-refractivity contribution in [3.8, 4) is 0 Å². The molecule has 0 saturated carbocycles. The van der Waals surface area contributed by atoms with Crippen LogP contribution in [0.5, 0.6) is 0 Å². The van der Waals surface area contributed by atoms with Gasteiger partial charge in [0.05, 0.1) is 22.9 Å². The van der Waals surface area contributed by atoms with Gasteiger partial charge in [0.15, 0.2) is 9.84 Å². The van der Waals surface area contributed by atoms with E-state index in [2.05, 4.69) is 5.10 Å². The number of aryl methyl sites for hydroxylation is 1. The first-order valence-electron chi connectivity index (χ1n) is 5.24. The Hall–Kier alpha value is -1.89. The van der Waals surface area contributed by atoms with Crippen molar-refractivity contribution in [2.24, 2.45) is 0 Å². The highest BCUT2D eigenvalue weighted by Crippen LogP contribution is 2.17. The molecule has 0 fully saturated rings. The van der Waals surface area contributed by atoms with Crippen LogP contribution < -0.4 is 5.73 Å². The zero-order valence-electron chi connectivity index (χ0n) is 9.45. The van der Waals surface area contributed by atoms with E-state index in [-0.39, 0.29) is 22.9 Å². The maximum Gasteiger partial charge on any atom is 0.180 e. The Bertz CT molecular complexity index is 638. The first-order valence-corrected chi connectivity index (χ1v) is 6.89. The second-order valence-electron chi connectivity index (χ2n) is 3.77. The lowest BCUT2D eigenvalue weighted by atomic mass is 10.3. The van der Waals surface area contributed by atoms with E-state index < -0.39 is 15.7 Å². The number of nitrogens with two attached hydrogens (primary N) is 1. The third-order valence-corrected chi connectivity index (χ3v) is 4.17. The van der Waals surface area contributed by atoms with Crippen LogP contribution in [0.15, 0.2) is 41.6 Å². The van der Waals surface area contributed by atoms with Gasteiger partial charge in [-0.25, -0.2) is 12.8 Å². The fraction of sp³-hybridized carbons (Fsp3) is 0.182. The summed E-state index contributed by atoms with van der Waals surface area (Å²) in [6.07, 6.45) is 3.23. The number of rotatable bonds is 4. The standard InChI is InChI=1S/C11H12FN3O2S/c12-10-8-9(2-3-11(10)13)18(16,17)7-6-15-5-1-4-14-15/h1-5,8H,6-7,13H2. The molecule has 1 aromatic heterocycles. The molecule has 0 atom stereocenters. The maximum atomic E-state index is 13.2. The molecule has 0 aliphatic heterocycles. The summed E-state index contributed by atoms with van der Waals surface area (Å²) in [5.41, 5.74) is 5.23. The lowest BCUT2D eigenvalue weighted by Gasteiger charge is -2.06. The maximum absolute atomic E-state index is 13.2. The fourth-order valence-corrected chi connectivity index (χ4v) is 2.69. The monoisotopic (exact) mass is 269 g/mol. The van der Waals surface area contributed by atoms with Crippen LogP contribution in [0, 0.1) is 5.82 Å². The van der Waals surface area contributed by atoms with E-state index in [0.717, 1.165) is 6.07 Å². The average Bonchev–Trinajstić information content (AvgIpc) is 2.83. The van der Waals surface area contributed by atoms with Crippen LogP contribution in [-0.4, -0.2) is 24.0 Å². The quantitative estimate of drug-likeness (QED) is 0.842. The summed E-state index contributed by atoms with van der Waals surface area (Å²) < 4.78 is 38.6. The largest absolute Gasteiger partial charge is 0.396 e. The summed E-state index contributed by atoms with van der Waals surface area (Å²) in [6, 6.07) is 5.19. The van der Waals surface area contributed by atoms with Crippen LogP contribution in [0.2, 0.25) is 0 Å². The van der Waals surface area contributed by atoms with Crippen LogP contribution in [-0.2, 0) is 16.4 Å². The number of nitrogens with zero attached hydrogens (tertiary/aromatic N) is 2. The highest BCUT2D eigenvalue weighted by Gasteiger charge is 2.16. The number of anilines is 1. The molecule has 2 N–H and O–H groups in total. The van der Waals surface area contributed by atoms with Gasteiger partial charge in [-0.15, -0.1) is 0 Å². The molecule has 1 heterocycles. The number of aromatic nitrogens is 2. The molecule has 0 aliphatic carbocycles. The van der Waals surface area contributed by atoms with Crippen LogP contribution in [0.25, 0.3) is 0 Å². The molecule has 0 saturated heterocycles. The van der Waals surface area contributed by atoms with Crippen molar-refractivity contribution in [3.63, 3.8) is 0 Å². The minimum atomic E-state index is -3.53. The molecule has 0 unspecified atom stereocenters. The molecule has 1 aromatic carbocycles. The van der Waals surface area contributed by atoms with Crippen LogP contribution in [0.4, 0.5) is 10.1 Å². The minimum absolute atomic E-state index is 0.0682. The zero-order chi connectivity index (χ0) is 13.2. The number of halogens is 1. The van der Waals surface area contributed by atoms with Gasteiger partial charge in [0, 0.05) is 12.4 Å². The van der Waals surface area contributed by atoms with Gasteiger partial charge < -0.3 is 5.73 Å². The lowest BCUT2D eigenvalue weighted by Crippen LogP contribution is -2.14. The smallest absolute Gasteiger partial charge is 0.180 e. The SMILES string of the molecule is Nc1ccc(S(=O)(=O)CCn2cccn2)cc1F. The summed E-state index contributed by atoms with van der Waals surface area (Å²) in [5, 5.41) is 3.90. The van der Waals surface area contributed by atoms with Crippen molar-refractivity contribution in [2.45, 2.75) is 11.4 Å². The van der Waals surface area contributed by atoms with Crippen molar-refractivity contribution in [1.29, 1.82) is 0 Å². The fourth-order valence-electron chi connectivity index (χ4n) is 1.47. The second-order valence-corrected chi connectivity index (χ2v) is 5.88. The predicted molar refractivity (Wildman–Crippen MR) is 65.1 cm³/mol. The Labute approximate surface area is 104 Å².